The van der Waals surface area contributed by atoms with Crippen LogP contribution in [-0.2, 0) is 6.18 Å². The van der Waals surface area contributed by atoms with Gasteiger partial charge in [0.1, 0.15) is 5.69 Å². The third-order valence-electron chi connectivity index (χ3n) is 2.48. The Bertz CT molecular complexity index is 511. The van der Waals surface area contributed by atoms with E-state index < -0.39 is 11.9 Å². The van der Waals surface area contributed by atoms with Crippen LogP contribution in [-0.4, -0.2) is 4.98 Å². The average molecular weight is 228 g/mol. The highest BCUT2D eigenvalue weighted by Crippen LogP contribution is 2.31. The Morgan fingerprint density at radius 3 is 2.50 bits per heavy atom. The Kier molecular flexibility index (Phi) is 2.42. The van der Waals surface area contributed by atoms with E-state index in [1.807, 2.05) is 0 Å². The lowest BCUT2D eigenvalue weighted by molar-refractivity contribution is -0.140. The zero-order chi connectivity index (χ0) is 11.9. The lowest BCUT2D eigenvalue weighted by Crippen LogP contribution is -2.05. The number of rotatable bonds is 1. The maximum Gasteiger partial charge on any atom is 0.431 e. The second kappa shape index (κ2) is 3.52. The summed E-state index contributed by atoms with van der Waals surface area (Å²) in [7, 11) is 0. The van der Waals surface area contributed by atoms with E-state index in [1.54, 1.807) is 25.1 Å². The molecule has 1 aromatic carbocycles. The van der Waals surface area contributed by atoms with E-state index >= 15 is 0 Å². The molecule has 16 heavy (non-hydrogen) atoms. The van der Waals surface area contributed by atoms with Crippen molar-refractivity contribution < 1.29 is 13.2 Å². The molecule has 86 valence electrons. The molecule has 2 nitrogen and oxygen atoms in total. The van der Waals surface area contributed by atoms with Gasteiger partial charge in [0.25, 0.3) is 0 Å². The average Bonchev–Trinajstić information content (AvgIpc) is 2.58. The molecule has 0 amide bonds. The Hall–Kier alpha value is -1.49. The third-order valence-corrected chi connectivity index (χ3v) is 2.48. The van der Waals surface area contributed by atoms with Gasteiger partial charge in [-0.15, -0.1) is 0 Å². The summed E-state index contributed by atoms with van der Waals surface area (Å²) in [6.07, 6.45) is -4.34. The zero-order valence-electron chi connectivity index (χ0n) is 8.60. The molecule has 0 aliphatic heterocycles. The van der Waals surface area contributed by atoms with Crippen molar-refractivity contribution in [1.82, 2.24) is 4.98 Å². The van der Waals surface area contributed by atoms with Crippen LogP contribution in [0.1, 0.15) is 24.2 Å². The second-order valence-electron chi connectivity index (χ2n) is 3.82. The van der Waals surface area contributed by atoms with Crippen LogP contribution in [0.2, 0.25) is 0 Å². The molecule has 1 aromatic heterocycles. The number of aromatic nitrogens is 1. The summed E-state index contributed by atoms with van der Waals surface area (Å²) in [5.74, 6) is 0. The van der Waals surface area contributed by atoms with Crippen molar-refractivity contribution in [2.24, 2.45) is 5.73 Å². The Labute approximate surface area is 90.3 Å². The SMILES string of the molecule is CC(N)c1ccc2cc(C(F)(F)F)[nH]c2c1. The minimum atomic E-state index is -4.34. The van der Waals surface area contributed by atoms with E-state index in [9.17, 15) is 13.2 Å². The standard InChI is InChI=1S/C11H11F3N2/c1-6(15)7-2-3-8-5-10(11(12,13)14)16-9(8)4-7/h2-6,16H,15H2,1H3. The molecular weight excluding hydrogens is 217 g/mol. The number of hydrogen-bond donors (Lipinski definition) is 2. The van der Waals surface area contributed by atoms with Crippen molar-refractivity contribution in [3.63, 3.8) is 0 Å². The fourth-order valence-electron chi connectivity index (χ4n) is 1.58. The highest BCUT2D eigenvalue weighted by molar-refractivity contribution is 5.81. The van der Waals surface area contributed by atoms with E-state index in [-0.39, 0.29) is 6.04 Å². The van der Waals surface area contributed by atoms with E-state index in [0.29, 0.717) is 10.9 Å². The molecule has 0 radical (unpaired) electrons. The number of alkyl halides is 3. The smallest absolute Gasteiger partial charge is 0.351 e. The van der Waals surface area contributed by atoms with E-state index in [0.717, 1.165) is 11.6 Å². The van der Waals surface area contributed by atoms with E-state index in [2.05, 4.69) is 4.98 Å². The first-order chi connectivity index (χ1) is 7.38. The summed E-state index contributed by atoms with van der Waals surface area (Å²) in [6, 6.07) is 5.93. The van der Waals surface area contributed by atoms with Gasteiger partial charge in [0.2, 0.25) is 0 Å². The Morgan fingerprint density at radius 2 is 1.94 bits per heavy atom. The molecule has 3 N–H and O–H groups in total. The maximum absolute atomic E-state index is 12.4. The van der Waals surface area contributed by atoms with Crippen LogP contribution in [0.5, 0.6) is 0 Å². The largest absolute Gasteiger partial charge is 0.431 e. The normalized spacial score (nSPS) is 14.3. The van der Waals surface area contributed by atoms with Crippen LogP contribution in [0, 0.1) is 0 Å². The summed E-state index contributed by atoms with van der Waals surface area (Å²) in [5, 5.41) is 0.539. The van der Waals surface area contributed by atoms with E-state index in [1.165, 1.54) is 0 Å². The molecule has 2 rings (SSSR count). The number of aromatic amines is 1. The van der Waals surface area contributed by atoms with Crippen molar-refractivity contribution in [1.29, 1.82) is 0 Å². The summed E-state index contributed by atoms with van der Waals surface area (Å²) in [6.45, 7) is 1.79. The van der Waals surface area contributed by atoms with Gasteiger partial charge in [-0.1, -0.05) is 12.1 Å². The molecule has 0 saturated carbocycles. The minimum Gasteiger partial charge on any atom is -0.351 e. The van der Waals surface area contributed by atoms with Crippen molar-refractivity contribution in [2.75, 3.05) is 0 Å². The Balaban J connectivity index is 2.54. The van der Waals surface area contributed by atoms with Crippen molar-refractivity contribution >= 4 is 10.9 Å². The molecule has 1 unspecified atom stereocenters. The monoisotopic (exact) mass is 228 g/mol. The minimum absolute atomic E-state index is 0.193. The third kappa shape index (κ3) is 1.90. The summed E-state index contributed by atoms with van der Waals surface area (Å²) < 4.78 is 37.3. The quantitative estimate of drug-likeness (QED) is 0.773. The van der Waals surface area contributed by atoms with Gasteiger partial charge in [0, 0.05) is 16.9 Å². The van der Waals surface area contributed by atoms with Crippen LogP contribution >= 0.6 is 0 Å². The number of benzene rings is 1. The van der Waals surface area contributed by atoms with Gasteiger partial charge < -0.3 is 10.7 Å². The first kappa shape index (κ1) is 11.0. The lowest BCUT2D eigenvalue weighted by Gasteiger charge is -2.04. The van der Waals surface area contributed by atoms with Gasteiger partial charge in [-0.3, -0.25) is 0 Å². The second-order valence-corrected chi connectivity index (χ2v) is 3.82. The molecule has 0 aliphatic carbocycles. The summed E-state index contributed by atoms with van der Waals surface area (Å²) in [4.78, 5) is 2.35. The summed E-state index contributed by atoms with van der Waals surface area (Å²) in [5.41, 5.74) is 6.20. The van der Waals surface area contributed by atoms with Gasteiger partial charge in [-0.25, -0.2) is 0 Å². The molecule has 1 heterocycles. The number of fused-ring (bicyclic) bond motifs is 1. The predicted molar refractivity (Wildman–Crippen MR) is 55.9 cm³/mol. The first-order valence-corrected chi connectivity index (χ1v) is 4.83. The van der Waals surface area contributed by atoms with Crippen LogP contribution in [0.25, 0.3) is 10.9 Å². The van der Waals surface area contributed by atoms with E-state index in [4.69, 9.17) is 5.73 Å². The van der Waals surface area contributed by atoms with Gasteiger partial charge in [0.15, 0.2) is 0 Å². The van der Waals surface area contributed by atoms with Crippen LogP contribution in [0.15, 0.2) is 24.3 Å². The van der Waals surface area contributed by atoms with Crippen molar-refractivity contribution in [2.45, 2.75) is 19.1 Å². The van der Waals surface area contributed by atoms with Crippen molar-refractivity contribution in [3.05, 3.63) is 35.5 Å². The van der Waals surface area contributed by atoms with Crippen LogP contribution in [0.3, 0.4) is 0 Å². The molecule has 0 saturated heterocycles. The molecule has 0 aliphatic rings. The molecular formula is C11H11F3N2. The fraction of sp³-hybridized carbons (Fsp3) is 0.273. The first-order valence-electron chi connectivity index (χ1n) is 4.83. The van der Waals surface area contributed by atoms with Crippen molar-refractivity contribution in [3.8, 4) is 0 Å². The molecule has 0 spiro atoms. The maximum atomic E-state index is 12.4. The topological polar surface area (TPSA) is 41.8 Å². The van der Waals surface area contributed by atoms with Gasteiger partial charge in [-0.2, -0.15) is 13.2 Å². The zero-order valence-corrected chi connectivity index (χ0v) is 8.60. The highest BCUT2D eigenvalue weighted by atomic mass is 19.4. The van der Waals surface area contributed by atoms with Gasteiger partial charge in [-0.05, 0) is 24.6 Å². The van der Waals surface area contributed by atoms with Gasteiger partial charge >= 0.3 is 6.18 Å². The fourth-order valence-corrected chi connectivity index (χ4v) is 1.58. The number of halogens is 3. The number of hydrogen-bond acceptors (Lipinski definition) is 1. The molecule has 5 heteroatoms. The van der Waals surface area contributed by atoms with Gasteiger partial charge in [0.05, 0.1) is 0 Å². The Morgan fingerprint density at radius 1 is 1.25 bits per heavy atom. The lowest BCUT2D eigenvalue weighted by atomic mass is 10.1. The highest BCUT2D eigenvalue weighted by Gasteiger charge is 2.32. The van der Waals surface area contributed by atoms with Crippen LogP contribution in [0.4, 0.5) is 13.2 Å². The van der Waals surface area contributed by atoms with Crippen LogP contribution < -0.4 is 5.73 Å². The summed E-state index contributed by atoms with van der Waals surface area (Å²) >= 11 is 0. The molecule has 2 aromatic rings. The number of H-pyrrole nitrogens is 1. The number of nitrogens with one attached hydrogen (secondary N) is 1. The number of nitrogens with two attached hydrogens (primary N) is 1. The molecule has 0 bridgehead atoms. The predicted octanol–water partition coefficient (Wildman–Crippen LogP) is 3.21. The molecule has 0 fully saturated rings. The molecule has 1 atom stereocenters.